The van der Waals surface area contributed by atoms with E-state index in [1.807, 2.05) is 42.3 Å². The van der Waals surface area contributed by atoms with Crippen molar-refractivity contribution in [2.75, 3.05) is 20.7 Å². The molecule has 8 nitrogen and oxygen atoms in total. The summed E-state index contributed by atoms with van der Waals surface area (Å²) in [6.45, 7) is 1.76. The first-order valence-electron chi connectivity index (χ1n) is 11.7. The standard InChI is InChI=1S/C25H30N4O4/c1-27-13-17-10-6-7-11-19(17)29-20(27)15-28-14-18(22(30)23(33-2)21(28)25(29)32)24(31)26-12-16-8-4-3-5-9-16/h3-5,8-9,14,17,19-20H,6-7,10-13,15H2,1-2H3,(H,26,31)/t17-,19-,20-/m0/s1. The number of rotatable bonds is 4. The summed E-state index contributed by atoms with van der Waals surface area (Å²) < 4.78 is 7.17. The van der Waals surface area contributed by atoms with Gasteiger partial charge in [0.05, 0.1) is 13.7 Å². The van der Waals surface area contributed by atoms with E-state index in [0.717, 1.165) is 31.4 Å². The SMILES string of the molecule is COc1c2n(cc(C(=O)NCc3ccccc3)c1=O)C[C@H]1N(C)C[C@@H]3CCCC[C@@H]3N1C2=O. The second-order valence-electron chi connectivity index (χ2n) is 9.32. The van der Waals surface area contributed by atoms with Gasteiger partial charge in [-0.2, -0.15) is 0 Å². The largest absolute Gasteiger partial charge is 0.491 e. The minimum atomic E-state index is -0.549. The fourth-order valence-corrected chi connectivity index (χ4v) is 5.73. The summed E-state index contributed by atoms with van der Waals surface area (Å²) in [5.41, 5.74) is 0.624. The number of carbonyl (C=O) groups excluding carboxylic acids is 2. The van der Waals surface area contributed by atoms with Crippen molar-refractivity contribution >= 4 is 11.8 Å². The van der Waals surface area contributed by atoms with Crippen molar-refractivity contribution in [3.63, 3.8) is 0 Å². The Bertz CT molecular complexity index is 1130. The van der Waals surface area contributed by atoms with E-state index in [9.17, 15) is 14.4 Å². The highest BCUT2D eigenvalue weighted by molar-refractivity contribution is 5.99. The zero-order valence-electron chi connectivity index (χ0n) is 19.1. The van der Waals surface area contributed by atoms with Crippen LogP contribution in [0.1, 0.15) is 52.1 Å². The first-order chi connectivity index (χ1) is 16.0. The number of ether oxygens (including phenoxy) is 1. The van der Waals surface area contributed by atoms with Gasteiger partial charge in [0.25, 0.3) is 11.8 Å². The van der Waals surface area contributed by atoms with Gasteiger partial charge >= 0.3 is 0 Å². The lowest BCUT2D eigenvalue weighted by Crippen LogP contribution is -2.66. The van der Waals surface area contributed by atoms with Gasteiger partial charge in [-0.25, -0.2) is 0 Å². The number of methoxy groups -OCH3 is 1. The minimum absolute atomic E-state index is 0.0122. The molecule has 5 rings (SSSR count). The quantitative estimate of drug-likeness (QED) is 0.771. The van der Waals surface area contributed by atoms with Crippen LogP contribution in [0.25, 0.3) is 0 Å². The van der Waals surface area contributed by atoms with E-state index in [1.54, 1.807) is 4.57 Å². The van der Waals surface area contributed by atoms with E-state index in [2.05, 4.69) is 10.2 Å². The molecule has 0 bridgehead atoms. The molecule has 33 heavy (non-hydrogen) atoms. The number of likely N-dealkylation sites (N-methyl/N-ethyl adjacent to an activating group) is 1. The fraction of sp³-hybridized carbons (Fsp3) is 0.480. The molecule has 3 heterocycles. The number of nitrogens with zero attached hydrogens (tertiary/aromatic N) is 3. The number of benzene rings is 1. The molecular weight excluding hydrogens is 420 g/mol. The van der Waals surface area contributed by atoms with Gasteiger partial charge in [0.1, 0.15) is 11.7 Å². The van der Waals surface area contributed by atoms with E-state index in [-0.39, 0.29) is 35.1 Å². The van der Waals surface area contributed by atoms with E-state index in [0.29, 0.717) is 19.0 Å². The summed E-state index contributed by atoms with van der Waals surface area (Å²) >= 11 is 0. The Labute approximate surface area is 193 Å². The van der Waals surface area contributed by atoms with Crippen molar-refractivity contribution < 1.29 is 14.3 Å². The number of carbonyl (C=O) groups is 2. The summed E-state index contributed by atoms with van der Waals surface area (Å²) in [4.78, 5) is 44.1. The van der Waals surface area contributed by atoms with Crippen LogP contribution in [0.5, 0.6) is 5.75 Å². The Morgan fingerprint density at radius 2 is 1.88 bits per heavy atom. The van der Waals surface area contributed by atoms with Gasteiger partial charge in [0.2, 0.25) is 5.43 Å². The van der Waals surface area contributed by atoms with Gasteiger partial charge in [-0.15, -0.1) is 0 Å². The van der Waals surface area contributed by atoms with Crippen LogP contribution in [0.3, 0.4) is 0 Å². The van der Waals surface area contributed by atoms with Gasteiger partial charge in [-0.3, -0.25) is 19.3 Å². The molecular formula is C25H30N4O4. The summed E-state index contributed by atoms with van der Waals surface area (Å²) in [7, 11) is 3.43. The lowest BCUT2D eigenvalue weighted by atomic mass is 9.80. The lowest BCUT2D eigenvalue weighted by molar-refractivity contribution is -0.0628. The van der Waals surface area contributed by atoms with Crippen LogP contribution in [0, 0.1) is 5.92 Å². The zero-order valence-corrected chi connectivity index (χ0v) is 19.1. The van der Waals surface area contributed by atoms with Gasteiger partial charge < -0.3 is 19.5 Å². The summed E-state index contributed by atoms with van der Waals surface area (Å²) in [6.07, 6.45) is 5.85. The lowest BCUT2D eigenvalue weighted by Gasteiger charge is -2.54. The maximum Gasteiger partial charge on any atom is 0.276 e. The molecule has 0 spiro atoms. The second kappa shape index (κ2) is 8.67. The monoisotopic (exact) mass is 450 g/mol. The maximum atomic E-state index is 13.7. The summed E-state index contributed by atoms with van der Waals surface area (Å²) in [6, 6.07) is 9.70. The molecule has 3 atom stereocenters. The average Bonchev–Trinajstić information content (AvgIpc) is 2.83. The van der Waals surface area contributed by atoms with Gasteiger partial charge in [-0.05, 0) is 31.4 Å². The highest BCUT2D eigenvalue weighted by atomic mass is 16.5. The number of hydrogen-bond acceptors (Lipinski definition) is 5. The molecule has 0 radical (unpaired) electrons. The molecule has 1 aromatic heterocycles. The molecule has 8 heteroatoms. The van der Waals surface area contributed by atoms with Crippen LogP contribution in [0.15, 0.2) is 41.3 Å². The molecule has 3 aliphatic rings. The van der Waals surface area contributed by atoms with Crippen molar-refractivity contribution in [3.8, 4) is 5.75 Å². The smallest absolute Gasteiger partial charge is 0.276 e. The average molecular weight is 451 g/mol. The fourth-order valence-electron chi connectivity index (χ4n) is 5.73. The van der Waals surface area contributed by atoms with E-state index in [1.165, 1.54) is 19.7 Å². The number of aromatic nitrogens is 1. The van der Waals surface area contributed by atoms with E-state index < -0.39 is 11.3 Å². The summed E-state index contributed by atoms with van der Waals surface area (Å²) in [5, 5.41) is 2.81. The molecule has 1 saturated carbocycles. The van der Waals surface area contributed by atoms with E-state index >= 15 is 0 Å². The molecule has 2 amide bonds. The number of nitrogens with one attached hydrogen (secondary N) is 1. The zero-order chi connectivity index (χ0) is 23.1. The second-order valence-corrected chi connectivity index (χ2v) is 9.32. The van der Waals surface area contributed by atoms with Crippen LogP contribution in [0.2, 0.25) is 0 Å². The normalized spacial score (nSPS) is 24.5. The molecule has 1 N–H and O–H groups in total. The molecule has 2 aliphatic heterocycles. The van der Waals surface area contributed by atoms with E-state index in [4.69, 9.17) is 4.74 Å². The minimum Gasteiger partial charge on any atom is -0.491 e. The highest BCUT2D eigenvalue weighted by Crippen LogP contribution is 2.38. The predicted molar refractivity (Wildman–Crippen MR) is 123 cm³/mol. The predicted octanol–water partition coefficient (Wildman–Crippen LogP) is 2.07. The Hall–Kier alpha value is -3.13. The van der Waals surface area contributed by atoms with Crippen molar-refractivity contribution in [1.82, 2.24) is 19.7 Å². The Morgan fingerprint density at radius 1 is 1.12 bits per heavy atom. The molecule has 1 saturated heterocycles. The van der Waals surface area contributed by atoms with Gasteiger partial charge in [0.15, 0.2) is 11.4 Å². The number of pyridine rings is 1. The third kappa shape index (κ3) is 3.72. The third-order valence-electron chi connectivity index (χ3n) is 7.36. The molecule has 174 valence electrons. The Morgan fingerprint density at radius 3 is 2.64 bits per heavy atom. The summed E-state index contributed by atoms with van der Waals surface area (Å²) in [5.74, 6) is -0.251. The van der Waals surface area contributed by atoms with Crippen LogP contribution in [-0.2, 0) is 13.1 Å². The number of hydrogen-bond donors (Lipinski definition) is 1. The van der Waals surface area contributed by atoms with Crippen molar-refractivity contribution in [2.45, 2.75) is 51.0 Å². The van der Waals surface area contributed by atoms with Crippen molar-refractivity contribution in [2.24, 2.45) is 5.92 Å². The topological polar surface area (TPSA) is 83.9 Å². The highest BCUT2D eigenvalue weighted by Gasteiger charge is 2.47. The maximum absolute atomic E-state index is 13.7. The van der Waals surface area contributed by atoms with Crippen molar-refractivity contribution in [1.29, 1.82) is 0 Å². The first-order valence-corrected chi connectivity index (χ1v) is 11.7. The van der Waals surface area contributed by atoms with Gasteiger partial charge in [-0.1, -0.05) is 43.2 Å². The van der Waals surface area contributed by atoms with Crippen LogP contribution >= 0.6 is 0 Å². The Kier molecular flexibility index (Phi) is 5.70. The van der Waals surface area contributed by atoms with Crippen LogP contribution in [-0.4, -0.2) is 59.1 Å². The molecule has 0 unspecified atom stereocenters. The van der Waals surface area contributed by atoms with Crippen molar-refractivity contribution in [3.05, 3.63) is 63.6 Å². The molecule has 1 aromatic carbocycles. The van der Waals surface area contributed by atoms with Crippen LogP contribution < -0.4 is 15.5 Å². The molecule has 1 aliphatic carbocycles. The number of amides is 2. The van der Waals surface area contributed by atoms with Gasteiger partial charge in [0, 0.05) is 25.3 Å². The number of fused-ring (bicyclic) bond motifs is 4. The Balaban J connectivity index is 1.49. The first kappa shape index (κ1) is 21.7. The molecule has 2 fully saturated rings. The van der Waals surface area contributed by atoms with Crippen LogP contribution in [0.4, 0.5) is 0 Å². The molecule has 2 aromatic rings. The third-order valence-corrected chi connectivity index (χ3v) is 7.36.